The number of allylic oxidation sites excluding steroid dienone is 1. The third-order valence-corrected chi connectivity index (χ3v) is 6.37. The zero-order chi connectivity index (χ0) is 17.1. The Morgan fingerprint density at radius 2 is 2.00 bits per heavy atom. The number of phenolic OH excluding ortho intramolecular Hbond substituents is 2. The van der Waals surface area contributed by atoms with Gasteiger partial charge in [0.05, 0.1) is 5.60 Å². The summed E-state index contributed by atoms with van der Waals surface area (Å²) >= 11 is 0. The zero-order valence-electron chi connectivity index (χ0n) is 14.4. The molecule has 4 nitrogen and oxygen atoms in total. The Morgan fingerprint density at radius 3 is 2.71 bits per heavy atom. The highest BCUT2D eigenvalue weighted by Gasteiger charge is 2.61. The van der Waals surface area contributed by atoms with E-state index in [9.17, 15) is 15.3 Å². The summed E-state index contributed by atoms with van der Waals surface area (Å²) in [6, 6.07) is 3.36. The van der Waals surface area contributed by atoms with Gasteiger partial charge in [-0.05, 0) is 56.6 Å². The van der Waals surface area contributed by atoms with Crippen molar-refractivity contribution < 1.29 is 15.3 Å². The van der Waals surface area contributed by atoms with Gasteiger partial charge in [0.2, 0.25) is 0 Å². The Hall–Kier alpha value is -1.52. The van der Waals surface area contributed by atoms with Crippen LogP contribution in [-0.4, -0.2) is 45.5 Å². The first-order valence-electron chi connectivity index (χ1n) is 8.98. The Bertz CT molecular complexity index is 696. The molecule has 0 spiro atoms. The molecule has 1 aromatic carbocycles. The summed E-state index contributed by atoms with van der Waals surface area (Å²) in [5.74, 6) is 0.577. The number of hydrogen-bond acceptors (Lipinski definition) is 4. The maximum absolute atomic E-state index is 11.6. The molecule has 1 heterocycles. The van der Waals surface area contributed by atoms with E-state index >= 15 is 0 Å². The molecule has 0 bridgehead atoms. The molecule has 1 aliphatic heterocycles. The molecule has 130 valence electrons. The van der Waals surface area contributed by atoms with Crippen molar-refractivity contribution in [2.24, 2.45) is 5.92 Å². The quantitative estimate of drug-likeness (QED) is 0.589. The van der Waals surface area contributed by atoms with Gasteiger partial charge in [-0.25, -0.2) is 0 Å². The average molecular weight is 329 g/mol. The maximum atomic E-state index is 11.6. The summed E-state index contributed by atoms with van der Waals surface area (Å²) in [7, 11) is 0. The number of benzene rings is 1. The van der Waals surface area contributed by atoms with Gasteiger partial charge in [0.1, 0.15) is 0 Å². The van der Waals surface area contributed by atoms with E-state index < -0.39 is 11.0 Å². The second-order valence-corrected chi connectivity index (χ2v) is 8.28. The fraction of sp³-hybridized carbons (Fsp3) is 0.600. The molecule has 24 heavy (non-hydrogen) atoms. The largest absolute Gasteiger partial charge is 0.504 e. The van der Waals surface area contributed by atoms with Crippen LogP contribution in [0.15, 0.2) is 24.3 Å². The van der Waals surface area contributed by atoms with Crippen LogP contribution in [0.2, 0.25) is 0 Å². The van der Waals surface area contributed by atoms with E-state index in [1.807, 2.05) is 13.0 Å². The van der Waals surface area contributed by atoms with Crippen molar-refractivity contribution in [1.82, 2.24) is 4.90 Å². The Balaban J connectivity index is 1.83. The van der Waals surface area contributed by atoms with Crippen LogP contribution in [0.1, 0.15) is 43.2 Å². The van der Waals surface area contributed by atoms with Gasteiger partial charge >= 0.3 is 0 Å². The molecule has 3 N–H and O–H groups in total. The van der Waals surface area contributed by atoms with Crippen molar-refractivity contribution in [2.45, 2.75) is 50.0 Å². The molecule has 4 rings (SSSR count). The Kier molecular flexibility index (Phi) is 3.49. The van der Waals surface area contributed by atoms with Crippen LogP contribution in [0.25, 0.3) is 0 Å². The van der Waals surface area contributed by atoms with Gasteiger partial charge in [-0.1, -0.05) is 18.2 Å². The normalized spacial score (nSPS) is 33.7. The summed E-state index contributed by atoms with van der Waals surface area (Å²) in [5, 5.41) is 32.3. The molecule has 4 heteroatoms. The number of hydrogen-bond donors (Lipinski definition) is 3. The standard InChI is InChI=1S/C20H27NO3/c1-13-7-8-20(24)12-21(10-15-4-5-15)11-19(20,9-13)17-14(2)3-6-16(22)18(17)23/h3,6,15,22-24H,1,4-5,7-12H2,2H3/t19?,20-/m1/s1. The van der Waals surface area contributed by atoms with E-state index in [-0.39, 0.29) is 11.5 Å². The lowest BCUT2D eigenvalue weighted by atomic mass is 9.59. The minimum Gasteiger partial charge on any atom is -0.504 e. The Morgan fingerprint density at radius 1 is 1.25 bits per heavy atom. The highest BCUT2D eigenvalue weighted by Crippen LogP contribution is 2.56. The van der Waals surface area contributed by atoms with E-state index in [2.05, 4.69) is 11.5 Å². The zero-order valence-corrected chi connectivity index (χ0v) is 14.4. The predicted molar refractivity (Wildman–Crippen MR) is 93.3 cm³/mol. The van der Waals surface area contributed by atoms with E-state index in [0.29, 0.717) is 24.9 Å². The number of rotatable bonds is 3. The molecule has 0 aromatic heterocycles. The summed E-state index contributed by atoms with van der Waals surface area (Å²) in [6.07, 6.45) is 4.73. The first-order chi connectivity index (χ1) is 11.3. The highest BCUT2D eigenvalue weighted by molar-refractivity contribution is 5.56. The van der Waals surface area contributed by atoms with Crippen LogP contribution >= 0.6 is 0 Å². The van der Waals surface area contributed by atoms with E-state index in [1.165, 1.54) is 18.9 Å². The summed E-state index contributed by atoms with van der Waals surface area (Å²) < 4.78 is 0. The van der Waals surface area contributed by atoms with E-state index in [4.69, 9.17) is 0 Å². The van der Waals surface area contributed by atoms with Crippen molar-refractivity contribution >= 4 is 0 Å². The smallest absolute Gasteiger partial charge is 0.161 e. The second kappa shape index (κ2) is 5.24. The van der Waals surface area contributed by atoms with Crippen molar-refractivity contribution in [3.8, 4) is 11.5 Å². The first-order valence-corrected chi connectivity index (χ1v) is 8.98. The average Bonchev–Trinajstić information content (AvgIpc) is 3.26. The van der Waals surface area contributed by atoms with Gasteiger partial charge in [-0.3, -0.25) is 4.90 Å². The van der Waals surface area contributed by atoms with Gasteiger partial charge < -0.3 is 15.3 Å². The van der Waals surface area contributed by atoms with Crippen molar-refractivity contribution in [3.63, 3.8) is 0 Å². The van der Waals surface area contributed by atoms with Crippen LogP contribution in [0.4, 0.5) is 0 Å². The van der Waals surface area contributed by atoms with Crippen molar-refractivity contribution in [3.05, 3.63) is 35.4 Å². The number of nitrogens with zero attached hydrogens (tertiary/aromatic N) is 1. The molecule has 2 saturated carbocycles. The fourth-order valence-electron chi connectivity index (χ4n) is 5.02. The number of phenols is 2. The highest BCUT2D eigenvalue weighted by atomic mass is 16.3. The van der Waals surface area contributed by atoms with Crippen LogP contribution in [0.5, 0.6) is 11.5 Å². The SMILES string of the molecule is C=C1CC[C@@]2(O)CN(CC3CC3)CC2(c2c(C)ccc(O)c2O)C1. The number of β-amino-alcohol motifs (C(OH)–C–C–N with tert-alkyl or cyclic N) is 1. The van der Waals surface area contributed by atoms with E-state index in [1.54, 1.807) is 0 Å². The molecular formula is C20H27NO3. The van der Waals surface area contributed by atoms with Crippen molar-refractivity contribution in [1.29, 1.82) is 0 Å². The molecule has 2 atom stereocenters. The van der Waals surface area contributed by atoms with Gasteiger partial charge in [0.15, 0.2) is 11.5 Å². The summed E-state index contributed by atoms with van der Waals surface area (Å²) in [5.41, 5.74) is 1.30. The van der Waals surface area contributed by atoms with Crippen LogP contribution < -0.4 is 0 Å². The van der Waals surface area contributed by atoms with Gasteiger partial charge in [-0.2, -0.15) is 0 Å². The lowest BCUT2D eigenvalue weighted by molar-refractivity contribution is -0.0269. The maximum Gasteiger partial charge on any atom is 0.161 e. The summed E-state index contributed by atoms with van der Waals surface area (Å²) in [6.45, 7) is 8.52. The molecular weight excluding hydrogens is 302 g/mol. The summed E-state index contributed by atoms with van der Waals surface area (Å²) in [4.78, 5) is 2.36. The molecule has 2 aliphatic carbocycles. The predicted octanol–water partition coefficient (Wildman–Crippen LogP) is 2.84. The van der Waals surface area contributed by atoms with Crippen molar-refractivity contribution in [2.75, 3.05) is 19.6 Å². The lowest BCUT2D eigenvalue weighted by Crippen LogP contribution is -2.53. The second-order valence-electron chi connectivity index (χ2n) is 8.28. The number of likely N-dealkylation sites (tertiary alicyclic amines) is 1. The molecule has 1 aromatic rings. The molecule has 1 unspecified atom stereocenters. The number of aryl methyl sites for hydroxylation is 1. The van der Waals surface area contributed by atoms with Gasteiger partial charge in [0.25, 0.3) is 0 Å². The third-order valence-electron chi connectivity index (χ3n) is 6.37. The lowest BCUT2D eigenvalue weighted by Gasteiger charge is -2.47. The van der Waals surface area contributed by atoms with Crippen LogP contribution in [0.3, 0.4) is 0 Å². The first kappa shape index (κ1) is 16.0. The fourth-order valence-corrected chi connectivity index (χ4v) is 5.02. The molecule has 3 fully saturated rings. The minimum absolute atomic E-state index is 0.0728. The van der Waals surface area contributed by atoms with Gasteiger partial charge in [-0.15, -0.1) is 0 Å². The molecule has 3 aliphatic rings. The van der Waals surface area contributed by atoms with Crippen LogP contribution in [0, 0.1) is 12.8 Å². The third kappa shape index (κ3) is 2.27. The Labute approximate surface area is 143 Å². The monoisotopic (exact) mass is 329 g/mol. The number of fused-ring (bicyclic) bond motifs is 1. The van der Waals surface area contributed by atoms with Crippen LogP contribution in [-0.2, 0) is 5.41 Å². The number of aliphatic hydroxyl groups is 1. The van der Waals surface area contributed by atoms with Gasteiger partial charge in [0, 0.05) is 30.6 Å². The number of aromatic hydroxyl groups is 2. The molecule has 0 radical (unpaired) electrons. The minimum atomic E-state index is -0.876. The van der Waals surface area contributed by atoms with E-state index in [0.717, 1.165) is 36.6 Å². The molecule has 0 amide bonds. The topological polar surface area (TPSA) is 63.9 Å². The molecule has 1 saturated heterocycles.